The van der Waals surface area contributed by atoms with E-state index in [4.69, 9.17) is 0 Å². The van der Waals surface area contributed by atoms with E-state index in [1.165, 1.54) is 36.4 Å². The fourth-order valence-corrected chi connectivity index (χ4v) is 3.34. The number of amides is 1. The maximum atomic E-state index is 12.3. The largest absolute Gasteiger partial charge is 0.367 e. The summed E-state index contributed by atoms with van der Waals surface area (Å²) in [5, 5.41) is 0. The van der Waals surface area contributed by atoms with Crippen LogP contribution in [-0.2, 0) is 10.0 Å². The van der Waals surface area contributed by atoms with E-state index in [1.807, 2.05) is 11.6 Å². The fourth-order valence-electron chi connectivity index (χ4n) is 2.36. The van der Waals surface area contributed by atoms with Crippen LogP contribution in [0, 0.1) is 6.92 Å². The maximum absolute atomic E-state index is 12.3. The minimum atomic E-state index is -3.96. The van der Waals surface area contributed by atoms with Crippen LogP contribution in [0.5, 0.6) is 0 Å². The van der Waals surface area contributed by atoms with Crippen LogP contribution in [0.3, 0.4) is 0 Å². The third kappa shape index (κ3) is 3.73. The number of carbonyl (C=O) groups excluding carboxylic acids is 2. The van der Waals surface area contributed by atoms with Gasteiger partial charge in [-0.3, -0.25) is 9.59 Å². The first-order chi connectivity index (χ1) is 12.4. The molecule has 3 rings (SSSR count). The lowest BCUT2D eigenvalue weighted by molar-refractivity contribution is 0.0979. The number of ketones is 1. The molecule has 3 aromatic rings. The van der Waals surface area contributed by atoms with Gasteiger partial charge in [-0.25, -0.2) is 13.1 Å². The van der Waals surface area contributed by atoms with Gasteiger partial charge in [0.05, 0.1) is 4.90 Å². The van der Waals surface area contributed by atoms with Gasteiger partial charge in [0.25, 0.3) is 15.9 Å². The lowest BCUT2D eigenvalue weighted by atomic mass is 10.0. The van der Waals surface area contributed by atoms with Gasteiger partial charge >= 0.3 is 0 Å². The average molecular weight is 368 g/mol. The van der Waals surface area contributed by atoms with Crippen molar-refractivity contribution in [2.24, 2.45) is 0 Å². The smallest absolute Gasteiger partial charge is 0.264 e. The summed E-state index contributed by atoms with van der Waals surface area (Å²) in [5.41, 5.74) is 1.97. The van der Waals surface area contributed by atoms with Gasteiger partial charge in [0.1, 0.15) is 0 Å². The molecule has 0 unspecified atom stereocenters. The summed E-state index contributed by atoms with van der Waals surface area (Å²) in [6, 6.07) is 13.6. The van der Waals surface area contributed by atoms with Crippen LogP contribution in [0.2, 0.25) is 0 Å². The highest BCUT2D eigenvalue weighted by atomic mass is 32.2. The number of aromatic amines is 1. The molecule has 0 spiro atoms. The van der Waals surface area contributed by atoms with Gasteiger partial charge in [-0.05, 0) is 37.3 Å². The second kappa shape index (κ2) is 6.97. The second-order valence-corrected chi connectivity index (χ2v) is 7.44. The van der Waals surface area contributed by atoms with Gasteiger partial charge in [-0.1, -0.05) is 29.8 Å². The van der Waals surface area contributed by atoms with Crippen molar-refractivity contribution in [3.8, 4) is 0 Å². The number of sulfonamides is 1. The Balaban J connectivity index is 1.76. The zero-order valence-corrected chi connectivity index (χ0v) is 14.7. The van der Waals surface area contributed by atoms with Crippen molar-refractivity contribution in [1.29, 1.82) is 0 Å². The maximum Gasteiger partial charge on any atom is 0.264 e. The van der Waals surface area contributed by atoms with Crippen LogP contribution in [0.25, 0.3) is 0 Å². The molecular formula is C19H16N2O4S. The minimum Gasteiger partial charge on any atom is -0.367 e. The Labute approximate surface area is 150 Å². The number of aromatic nitrogens is 1. The molecule has 0 bridgehead atoms. The molecule has 0 aliphatic rings. The second-order valence-electron chi connectivity index (χ2n) is 5.75. The van der Waals surface area contributed by atoms with Gasteiger partial charge in [0.15, 0.2) is 5.78 Å². The summed E-state index contributed by atoms with van der Waals surface area (Å²) in [4.78, 5) is 27.3. The summed E-state index contributed by atoms with van der Waals surface area (Å²) in [7, 11) is -3.96. The lowest BCUT2D eigenvalue weighted by Crippen LogP contribution is -2.30. The van der Waals surface area contributed by atoms with Crippen molar-refractivity contribution in [2.45, 2.75) is 11.8 Å². The van der Waals surface area contributed by atoms with Crippen molar-refractivity contribution in [2.75, 3.05) is 0 Å². The van der Waals surface area contributed by atoms with Crippen molar-refractivity contribution in [3.05, 3.63) is 89.2 Å². The zero-order valence-electron chi connectivity index (χ0n) is 13.9. The summed E-state index contributed by atoms with van der Waals surface area (Å²) in [6.07, 6.45) is 3.22. The van der Waals surface area contributed by atoms with E-state index in [-0.39, 0.29) is 16.2 Å². The lowest BCUT2D eigenvalue weighted by Gasteiger charge is -2.08. The van der Waals surface area contributed by atoms with Gasteiger partial charge in [-0.2, -0.15) is 0 Å². The molecule has 7 heteroatoms. The van der Waals surface area contributed by atoms with E-state index in [2.05, 4.69) is 4.98 Å². The Morgan fingerprint density at radius 3 is 2.04 bits per heavy atom. The third-order valence-electron chi connectivity index (χ3n) is 3.83. The highest BCUT2D eigenvalue weighted by molar-refractivity contribution is 7.90. The summed E-state index contributed by atoms with van der Waals surface area (Å²) in [5.74, 6) is -0.947. The first-order valence-corrected chi connectivity index (χ1v) is 9.26. The first kappa shape index (κ1) is 17.6. The molecule has 1 amide bonds. The molecule has 1 heterocycles. The SMILES string of the molecule is Cc1ccc(S(=O)(=O)NC(=O)c2ccc(C(=O)c3cc[nH]c3)cc2)cc1. The molecular weight excluding hydrogens is 352 g/mol. The topological polar surface area (TPSA) is 96.1 Å². The van der Waals surface area contributed by atoms with E-state index < -0.39 is 15.9 Å². The molecule has 0 saturated carbocycles. The van der Waals surface area contributed by atoms with Crippen LogP contribution < -0.4 is 4.72 Å². The summed E-state index contributed by atoms with van der Waals surface area (Å²) < 4.78 is 26.6. The van der Waals surface area contributed by atoms with Crippen molar-refractivity contribution in [1.82, 2.24) is 9.71 Å². The summed E-state index contributed by atoms with van der Waals surface area (Å²) in [6.45, 7) is 1.84. The molecule has 132 valence electrons. The Morgan fingerprint density at radius 2 is 1.46 bits per heavy atom. The van der Waals surface area contributed by atoms with E-state index in [9.17, 15) is 18.0 Å². The molecule has 1 aromatic heterocycles. The number of aryl methyl sites for hydroxylation is 1. The highest BCUT2D eigenvalue weighted by Gasteiger charge is 2.19. The van der Waals surface area contributed by atoms with Crippen LogP contribution in [-0.4, -0.2) is 25.1 Å². The van der Waals surface area contributed by atoms with Gasteiger partial charge < -0.3 is 4.98 Å². The van der Waals surface area contributed by atoms with E-state index in [0.29, 0.717) is 11.1 Å². The number of carbonyl (C=O) groups is 2. The van der Waals surface area contributed by atoms with Gasteiger partial charge in [0.2, 0.25) is 0 Å². The van der Waals surface area contributed by atoms with E-state index >= 15 is 0 Å². The number of benzene rings is 2. The number of hydrogen-bond donors (Lipinski definition) is 2. The van der Waals surface area contributed by atoms with Crippen LogP contribution in [0.15, 0.2) is 71.9 Å². The van der Waals surface area contributed by atoms with Crippen LogP contribution >= 0.6 is 0 Å². The Kier molecular flexibility index (Phi) is 4.73. The van der Waals surface area contributed by atoms with Crippen LogP contribution in [0.1, 0.15) is 31.8 Å². The molecule has 2 aromatic carbocycles. The normalized spacial score (nSPS) is 11.1. The van der Waals surface area contributed by atoms with Crippen molar-refractivity contribution >= 4 is 21.7 Å². The van der Waals surface area contributed by atoms with Crippen molar-refractivity contribution < 1.29 is 18.0 Å². The van der Waals surface area contributed by atoms with Gasteiger partial charge in [0, 0.05) is 29.1 Å². The van der Waals surface area contributed by atoms with E-state index in [0.717, 1.165) is 5.56 Å². The fraction of sp³-hybridized carbons (Fsp3) is 0.0526. The quantitative estimate of drug-likeness (QED) is 0.677. The number of rotatable bonds is 5. The highest BCUT2D eigenvalue weighted by Crippen LogP contribution is 2.13. The molecule has 0 aliphatic carbocycles. The molecule has 0 aliphatic heterocycles. The predicted octanol–water partition coefficient (Wildman–Crippen LogP) is 2.67. The van der Waals surface area contributed by atoms with E-state index in [1.54, 1.807) is 30.6 Å². The average Bonchev–Trinajstić information content (AvgIpc) is 3.16. The third-order valence-corrected chi connectivity index (χ3v) is 5.17. The van der Waals surface area contributed by atoms with Gasteiger partial charge in [-0.15, -0.1) is 0 Å². The number of H-pyrrole nitrogens is 1. The predicted molar refractivity (Wildman–Crippen MR) is 96.5 cm³/mol. The first-order valence-electron chi connectivity index (χ1n) is 7.78. The molecule has 26 heavy (non-hydrogen) atoms. The number of hydrogen-bond acceptors (Lipinski definition) is 4. The number of nitrogens with one attached hydrogen (secondary N) is 2. The standard InChI is InChI=1S/C19H16N2O4S/c1-13-2-8-17(9-3-13)26(24,25)21-19(23)15-6-4-14(5-7-15)18(22)16-10-11-20-12-16/h2-12,20H,1H3,(H,21,23). The Morgan fingerprint density at radius 1 is 0.846 bits per heavy atom. The molecule has 0 fully saturated rings. The molecule has 0 radical (unpaired) electrons. The van der Waals surface area contributed by atoms with Crippen molar-refractivity contribution in [3.63, 3.8) is 0 Å². The summed E-state index contributed by atoms with van der Waals surface area (Å²) >= 11 is 0. The molecule has 2 N–H and O–H groups in total. The van der Waals surface area contributed by atoms with Crippen LogP contribution in [0.4, 0.5) is 0 Å². The monoisotopic (exact) mass is 368 g/mol. The molecule has 6 nitrogen and oxygen atoms in total. The Bertz CT molecular complexity index is 1040. The Hall–Kier alpha value is -3.19. The zero-order chi connectivity index (χ0) is 18.7. The molecule has 0 atom stereocenters. The minimum absolute atomic E-state index is 0.00991. The molecule has 0 saturated heterocycles.